The van der Waals surface area contributed by atoms with Crippen LogP contribution in [-0.4, -0.2) is 18.1 Å². The van der Waals surface area contributed by atoms with Crippen LogP contribution in [0.4, 0.5) is 13.2 Å². The molecule has 0 heterocycles. The lowest BCUT2D eigenvalue weighted by Gasteiger charge is -2.11. The van der Waals surface area contributed by atoms with Crippen molar-refractivity contribution in [3.8, 4) is 5.75 Å². The minimum absolute atomic E-state index is 0.0173. The lowest BCUT2D eigenvalue weighted by atomic mass is 10.1. The summed E-state index contributed by atoms with van der Waals surface area (Å²) >= 11 is 0. The van der Waals surface area contributed by atoms with E-state index in [0.29, 0.717) is 18.4 Å². The van der Waals surface area contributed by atoms with Crippen molar-refractivity contribution in [1.82, 2.24) is 0 Å². The molecule has 1 aromatic rings. The van der Waals surface area contributed by atoms with Crippen LogP contribution in [0.15, 0.2) is 18.2 Å². The lowest BCUT2D eigenvalue weighted by Crippen LogP contribution is -2.17. The van der Waals surface area contributed by atoms with Gasteiger partial charge in [-0.3, -0.25) is 0 Å². The quantitative estimate of drug-likeness (QED) is 0.868. The number of aliphatic hydroxyl groups excluding tert-OH is 1. The molecule has 0 spiro atoms. The highest BCUT2D eigenvalue weighted by molar-refractivity contribution is 5.34. The Morgan fingerprint density at radius 2 is 1.94 bits per heavy atom. The van der Waals surface area contributed by atoms with Gasteiger partial charge in [0.1, 0.15) is 5.75 Å². The Balaban J connectivity index is 2.81. The van der Waals surface area contributed by atoms with Crippen molar-refractivity contribution in [2.24, 2.45) is 0 Å². The molecule has 1 aromatic carbocycles. The zero-order valence-corrected chi connectivity index (χ0v) is 8.84. The summed E-state index contributed by atoms with van der Waals surface area (Å²) in [4.78, 5) is 0. The van der Waals surface area contributed by atoms with E-state index in [1.165, 1.54) is 12.1 Å². The molecule has 0 fully saturated rings. The van der Waals surface area contributed by atoms with Gasteiger partial charge < -0.3 is 9.84 Å². The van der Waals surface area contributed by atoms with E-state index in [2.05, 4.69) is 4.74 Å². The fourth-order valence-corrected chi connectivity index (χ4v) is 1.44. The molecule has 0 saturated heterocycles. The van der Waals surface area contributed by atoms with E-state index in [1.54, 1.807) is 13.0 Å². The number of aliphatic hydroxyl groups is 1. The number of hydrogen-bond donors (Lipinski definition) is 1. The van der Waals surface area contributed by atoms with Crippen LogP contribution in [0.1, 0.15) is 17.5 Å². The van der Waals surface area contributed by atoms with Crippen molar-refractivity contribution < 1.29 is 23.0 Å². The average molecular weight is 234 g/mol. The van der Waals surface area contributed by atoms with E-state index < -0.39 is 6.36 Å². The van der Waals surface area contributed by atoms with Gasteiger partial charge in [-0.25, -0.2) is 0 Å². The third kappa shape index (κ3) is 4.53. The van der Waals surface area contributed by atoms with Crippen LogP contribution in [0.5, 0.6) is 5.75 Å². The number of benzene rings is 1. The summed E-state index contributed by atoms with van der Waals surface area (Å²) in [5.74, 6) is -0.208. The van der Waals surface area contributed by atoms with Gasteiger partial charge in [0.2, 0.25) is 0 Å². The van der Waals surface area contributed by atoms with E-state index in [1.807, 2.05) is 0 Å². The van der Waals surface area contributed by atoms with Gasteiger partial charge in [0, 0.05) is 6.61 Å². The largest absolute Gasteiger partial charge is 0.573 e. The monoisotopic (exact) mass is 234 g/mol. The van der Waals surface area contributed by atoms with Crippen LogP contribution in [0.2, 0.25) is 0 Å². The van der Waals surface area contributed by atoms with E-state index in [9.17, 15) is 13.2 Å². The van der Waals surface area contributed by atoms with Crippen molar-refractivity contribution in [1.29, 1.82) is 0 Å². The molecule has 0 unspecified atom stereocenters. The van der Waals surface area contributed by atoms with Crippen molar-refractivity contribution in [2.75, 3.05) is 6.61 Å². The molecular formula is C11H13F3O2. The molecule has 90 valence electrons. The number of hydrogen-bond acceptors (Lipinski definition) is 2. The SMILES string of the molecule is Cc1cc(CCCO)cc(OC(F)(F)F)c1. The minimum Gasteiger partial charge on any atom is -0.406 e. The summed E-state index contributed by atoms with van der Waals surface area (Å²) in [5.41, 5.74) is 1.43. The molecule has 0 atom stereocenters. The van der Waals surface area contributed by atoms with Crippen molar-refractivity contribution in [2.45, 2.75) is 26.1 Å². The van der Waals surface area contributed by atoms with Crippen LogP contribution in [-0.2, 0) is 6.42 Å². The number of aryl methyl sites for hydroxylation is 2. The fraction of sp³-hybridized carbons (Fsp3) is 0.455. The first-order chi connectivity index (χ1) is 7.40. The maximum atomic E-state index is 12.0. The van der Waals surface area contributed by atoms with Crippen LogP contribution in [0, 0.1) is 6.92 Å². The predicted molar refractivity (Wildman–Crippen MR) is 53.3 cm³/mol. The highest BCUT2D eigenvalue weighted by Crippen LogP contribution is 2.25. The Kier molecular flexibility index (Phi) is 4.18. The van der Waals surface area contributed by atoms with Gasteiger partial charge in [0.25, 0.3) is 0 Å². The average Bonchev–Trinajstić information content (AvgIpc) is 2.10. The van der Waals surface area contributed by atoms with E-state index in [0.717, 1.165) is 5.56 Å². The van der Waals surface area contributed by atoms with Crippen molar-refractivity contribution in [3.05, 3.63) is 29.3 Å². The topological polar surface area (TPSA) is 29.5 Å². The molecule has 0 aliphatic carbocycles. The van der Waals surface area contributed by atoms with Crippen molar-refractivity contribution >= 4 is 0 Å². The third-order valence-corrected chi connectivity index (χ3v) is 1.97. The number of ether oxygens (including phenoxy) is 1. The Morgan fingerprint density at radius 3 is 2.50 bits per heavy atom. The molecule has 1 N–H and O–H groups in total. The van der Waals surface area contributed by atoms with Crippen LogP contribution >= 0.6 is 0 Å². The van der Waals surface area contributed by atoms with Crippen LogP contribution < -0.4 is 4.74 Å². The summed E-state index contributed by atoms with van der Waals surface area (Å²) in [7, 11) is 0. The van der Waals surface area contributed by atoms with Crippen LogP contribution in [0.3, 0.4) is 0 Å². The van der Waals surface area contributed by atoms with Crippen molar-refractivity contribution in [3.63, 3.8) is 0 Å². The number of alkyl halides is 3. The van der Waals surface area contributed by atoms with E-state index in [-0.39, 0.29) is 12.4 Å². The van der Waals surface area contributed by atoms with E-state index >= 15 is 0 Å². The van der Waals surface area contributed by atoms with Crippen LogP contribution in [0.25, 0.3) is 0 Å². The summed E-state index contributed by atoms with van der Waals surface area (Å²) < 4.78 is 39.8. The number of halogens is 3. The smallest absolute Gasteiger partial charge is 0.406 e. The molecule has 0 radical (unpaired) electrons. The second-order valence-corrected chi connectivity index (χ2v) is 3.53. The Bertz CT molecular complexity index is 348. The minimum atomic E-state index is -4.66. The zero-order valence-electron chi connectivity index (χ0n) is 8.84. The molecule has 5 heteroatoms. The summed E-state index contributed by atoms with van der Waals surface area (Å²) in [6.45, 7) is 1.72. The Hall–Kier alpha value is -1.23. The Labute approximate surface area is 91.7 Å². The molecule has 16 heavy (non-hydrogen) atoms. The molecule has 2 nitrogen and oxygen atoms in total. The highest BCUT2D eigenvalue weighted by Gasteiger charge is 2.31. The first-order valence-electron chi connectivity index (χ1n) is 4.88. The zero-order chi connectivity index (χ0) is 12.2. The fourth-order valence-electron chi connectivity index (χ4n) is 1.44. The summed E-state index contributed by atoms with van der Waals surface area (Å²) in [5, 5.41) is 8.64. The molecular weight excluding hydrogens is 221 g/mol. The first-order valence-corrected chi connectivity index (χ1v) is 4.88. The van der Waals surface area contributed by atoms with Gasteiger partial charge in [-0.1, -0.05) is 6.07 Å². The Morgan fingerprint density at radius 1 is 1.25 bits per heavy atom. The normalized spacial score (nSPS) is 11.6. The highest BCUT2D eigenvalue weighted by atomic mass is 19.4. The van der Waals surface area contributed by atoms with Gasteiger partial charge in [0.15, 0.2) is 0 Å². The molecule has 0 aliphatic heterocycles. The first kappa shape index (κ1) is 12.8. The van der Waals surface area contributed by atoms with E-state index in [4.69, 9.17) is 5.11 Å². The second kappa shape index (κ2) is 5.21. The second-order valence-electron chi connectivity index (χ2n) is 3.53. The molecule has 0 aliphatic rings. The number of rotatable bonds is 4. The maximum Gasteiger partial charge on any atom is 0.573 e. The standard InChI is InChI=1S/C11H13F3O2/c1-8-5-9(3-2-4-15)7-10(6-8)16-11(12,13)14/h5-7,15H,2-4H2,1H3. The lowest BCUT2D eigenvalue weighted by molar-refractivity contribution is -0.274. The van der Waals surface area contributed by atoms with Gasteiger partial charge in [-0.05, 0) is 43.0 Å². The summed E-state index contributed by atoms with van der Waals surface area (Å²) in [6, 6.07) is 4.45. The molecule has 0 bridgehead atoms. The molecule has 1 rings (SSSR count). The van der Waals surface area contributed by atoms with Gasteiger partial charge in [-0.15, -0.1) is 13.2 Å². The maximum absolute atomic E-state index is 12.0. The molecule has 0 amide bonds. The summed E-state index contributed by atoms with van der Waals surface area (Å²) in [6.07, 6.45) is -3.61. The molecule has 0 aromatic heterocycles. The predicted octanol–water partition coefficient (Wildman–Crippen LogP) is 2.82. The van der Waals surface area contributed by atoms with Gasteiger partial charge >= 0.3 is 6.36 Å². The third-order valence-electron chi connectivity index (χ3n) is 1.97. The van der Waals surface area contributed by atoms with Gasteiger partial charge in [-0.2, -0.15) is 0 Å². The van der Waals surface area contributed by atoms with Gasteiger partial charge in [0.05, 0.1) is 0 Å². The molecule has 0 saturated carbocycles.